The van der Waals surface area contributed by atoms with Crippen molar-refractivity contribution < 1.29 is 14.3 Å². The average molecular weight is 361 g/mol. The molecule has 1 aromatic carbocycles. The van der Waals surface area contributed by atoms with Gasteiger partial charge in [0.2, 0.25) is 0 Å². The number of hydrogen-bond donors (Lipinski definition) is 2. The van der Waals surface area contributed by atoms with Crippen LogP contribution in [0.2, 0.25) is 0 Å². The van der Waals surface area contributed by atoms with Crippen molar-refractivity contribution in [2.45, 2.75) is 52.6 Å². The van der Waals surface area contributed by atoms with Crippen molar-refractivity contribution in [3.8, 4) is 5.75 Å². The Balaban J connectivity index is 1.85. The summed E-state index contributed by atoms with van der Waals surface area (Å²) in [5.41, 5.74) is 0.613. The Morgan fingerprint density at radius 3 is 2.50 bits per heavy atom. The Bertz CT molecular complexity index is 599. The molecule has 2 rings (SSSR count). The first-order chi connectivity index (χ1) is 12.4. The van der Waals surface area contributed by atoms with Gasteiger partial charge in [-0.2, -0.15) is 0 Å². The summed E-state index contributed by atoms with van der Waals surface area (Å²) < 4.78 is 5.86. The summed E-state index contributed by atoms with van der Waals surface area (Å²) in [7, 11) is 0. The highest BCUT2D eigenvalue weighted by molar-refractivity contribution is 5.94. The van der Waals surface area contributed by atoms with Crippen molar-refractivity contribution in [1.29, 1.82) is 0 Å². The maximum absolute atomic E-state index is 12.3. The number of hydrogen-bond acceptors (Lipinski definition) is 3. The van der Waals surface area contributed by atoms with Crippen LogP contribution < -0.4 is 15.4 Å². The van der Waals surface area contributed by atoms with Gasteiger partial charge >= 0.3 is 6.03 Å². The quantitative estimate of drug-likeness (QED) is 0.784. The van der Waals surface area contributed by atoms with E-state index in [2.05, 4.69) is 24.5 Å². The van der Waals surface area contributed by atoms with Gasteiger partial charge in [0.05, 0.1) is 6.04 Å². The molecule has 26 heavy (non-hydrogen) atoms. The van der Waals surface area contributed by atoms with E-state index in [0.717, 1.165) is 19.4 Å². The predicted octanol–water partition coefficient (Wildman–Crippen LogP) is 3.03. The molecule has 6 heteroatoms. The molecule has 0 spiro atoms. The van der Waals surface area contributed by atoms with Gasteiger partial charge in [0.1, 0.15) is 12.4 Å². The molecule has 0 aliphatic carbocycles. The number of urea groups is 1. The summed E-state index contributed by atoms with van der Waals surface area (Å²) in [5.74, 6) is 1.05. The van der Waals surface area contributed by atoms with E-state index in [4.69, 9.17) is 4.74 Å². The van der Waals surface area contributed by atoms with Gasteiger partial charge < -0.3 is 20.3 Å². The molecule has 1 aliphatic rings. The Labute approximate surface area is 156 Å². The first kappa shape index (κ1) is 20.1. The van der Waals surface area contributed by atoms with Crippen molar-refractivity contribution in [3.63, 3.8) is 0 Å². The largest absolute Gasteiger partial charge is 0.491 e. The number of nitrogens with zero attached hydrogens (tertiary/aromatic N) is 1. The zero-order valence-corrected chi connectivity index (χ0v) is 16.2. The highest BCUT2D eigenvalue weighted by atomic mass is 16.5. The third-order valence-corrected chi connectivity index (χ3v) is 4.28. The Morgan fingerprint density at radius 2 is 1.88 bits per heavy atom. The smallest absolute Gasteiger partial charge is 0.317 e. The second-order valence-corrected chi connectivity index (χ2v) is 7.53. The molecule has 0 radical (unpaired) electrons. The van der Waals surface area contributed by atoms with E-state index in [1.807, 2.05) is 18.7 Å². The maximum Gasteiger partial charge on any atom is 0.317 e. The van der Waals surface area contributed by atoms with Gasteiger partial charge in [0, 0.05) is 24.7 Å². The standard InChI is InChI=1S/C20H31N3O3/c1-14(2)12-21-20(25)23-11-5-6-17(23)13-26-18-9-7-16(8-10-18)19(24)22-15(3)4/h7-10,14-15,17H,5-6,11-13H2,1-4H3,(H,21,25)(H,22,24). The molecule has 1 aromatic rings. The maximum atomic E-state index is 12.3. The summed E-state index contributed by atoms with van der Waals surface area (Å²) in [5, 5.41) is 5.84. The molecule has 0 bridgehead atoms. The van der Waals surface area contributed by atoms with Gasteiger partial charge in [-0.25, -0.2) is 4.79 Å². The number of carbonyl (C=O) groups excluding carboxylic acids is 2. The summed E-state index contributed by atoms with van der Waals surface area (Å²) in [6.07, 6.45) is 1.95. The summed E-state index contributed by atoms with van der Waals surface area (Å²) in [6.45, 7) is 9.94. The van der Waals surface area contributed by atoms with Gasteiger partial charge in [-0.3, -0.25) is 4.79 Å². The molecule has 1 heterocycles. The molecule has 6 nitrogen and oxygen atoms in total. The van der Waals surface area contributed by atoms with Crippen molar-refractivity contribution in [2.75, 3.05) is 19.7 Å². The normalized spacial score (nSPS) is 16.8. The lowest BCUT2D eigenvalue weighted by Crippen LogP contribution is -2.45. The first-order valence-electron chi connectivity index (χ1n) is 9.45. The number of nitrogens with one attached hydrogen (secondary N) is 2. The number of likely N-dealkylation sites (tertiary alicyclic amines) is 1. The zero-order valence-electron chi connectivity index (χ0n) is 16.2. The lowest BCUT2D eigenvalue weighted by molar-refractivity contribution is 0.0943. The molecule has 1 fully saturated rings. The highest BCUT2D eigenvalue weighted by Crippen LogP contribution is 2.20. The van der Waals surface area contributed by atoms with Crippen molar-refractivity contribution in [1.82, 2.24) is 15.5 Å². The van der Waals surface area contributed by atoms with E-state index in [9.17, 15) is 9.59 Å². The molecule has 1 atom stereocenters. The molecular weight excluding hydrogens is 330 g/mol. The summed E-state index contributed by atoms with van der Waals surface area (Å²) >= 11 is 0. The zero-order chi connectivity index (χ0) is 19.1. The molecule has 0 aromatic heterocycles. The molecular formula is C20H31N3O3. The third kappa shape index (κ3) is 5.93. The molecule has 1 unspecified atom stereocenters. The van der Waals surface area contributed by atoms with Crippen molar-refractivity contribution in [3.05, 3.63) is 29.8 Å². The fraction of sp³-hybridized carbons (Fsp3) is 0.600. The number of benzene rings is 1. The number of rotatable bonds is 7. The van der Waals surface area contributed by atoms with Crippen LogP contribution in [0.5, 0.6) is 5.75 Å². The average Bonchev–Trinajstić information content (AvgIpc) is 3.06. The van der Waals surface area contributed by atoms with Crippen LogP contribution in [0.25, 0.3) is 0 Å². The van der Waals surface area contributed by atoms with Gasteiger partial charge in [-0.15, -0.1) is 0 Å². The molecule has 1 saturated heterocycles. The third-order valence-electron chi connectivity index (χ3n) is 4.28. The van der Waals surface area contributed by atoms with Crippen molar-refractivity contribution >= 4 is 11.9 Å². The minimum atomic E-state index is -0.0876. The second-order valence-electron chi connectivity index (χ2n) is 7.53. The van der Waals surface area contributed by atoms with Crippen LogP contribution in [0.3, 0.4) is 0 Å². The minimum absolute atomic E-state index is 0.00879. The van der Waals surface area contributed by atoms with Gasteiger partial charge in [0.25, 0.3) is 5.91 Å². The van der Waals surface area contributed by atoms with Crippen LogP contribution >= 0.6 is 0 Å². The molecule has 1 aliphatic heterocycles. The lowest BCUT2D eigenvalue weighted by atomic mass is 10.2. The van der Waals surface area contributed by atoms with E-state index in [1.165, 1.54) is 0 Å². The van der Waals surface area contributed by atoms with E-state index in [-0.39, 0.29) is 24.0 Å². The lowest BCUT2D eigenvalue weighted by Gasteiger charge is -2.25. The van der Waals surface area contributed by atoms with E-state index < -0.39 is 0 Å². The number of ether oxygens (including phenoxy) is 1. The Morgan fingerprint density at radius 1 is 1.19 bits per heavy atom. The molecule has 0 saturated carbocycles. The van der Waals surface area contributed by atoms with Crippen LogP contribution in [0, 0.1) is 5.92 Å². The molecule has 3 amide bonds. The highest BCUT2D eigenvalue weighted by Gasteiger charge is 2.29. The van der Waals surface area contributed by atoms with E-state index in [0.29, 0.717) is 30.4 Å². The summed E-state index contributed by atoms with van der Waals surface area (Å²) in [4.78, 5) is 26.1. The fourth-order valence-corrected chi connectivity index (χ4v) is 2.91. The van der Waals surface area contributed by atoms with Gasteiger partial charge in [-0.05, 0) is 56.9 Å². The Kier molecular flexibility index (Phi) is 7.30. The number of amides is 3. The van der Waals surface area contributed by atoms with Crippen LogP contribution in [0.1, 0.15) is 50.9 Å². The minimum Gasteiger partial charge on any atom is -0.491 e. The van der Waals surface area contributed by atoms with Crippen molar-refractivity contribution in [2.24, 2.45) is 5.92 Å². The topological polar surface area (TPSA) is 70.7 Å². The first-order valence-corrected chi connectivity index (χ1v) is 9.45. The SMILES string of the molecule is CC(C)CNC(=O)N1CCCC1COc1ccc(C(=O)NC(C)C)cc1. The van der Waals surface area contributed by atoms with Crippen LogP contribution in [-0.2, 0) is 0 Å². The molecule has 144 valence electrons. The van der Waals surface area contributed by atoms with Gasteiger partial charge in [0.15, 0.2) is 0 Å². The van der Waals surface area contributed by atoms with Crippen LogP contribution in [0.4, 0.5) is 4.79 Å². The van der Waals surface area contributed by atoms with Crippen LogP contribution in [-0.4, -0.2) is 48.6 Å². The monoisotopic (exact) mass is 361 g/mol. The fourth-order valence-electron chi connectivity index (χ4n) is 2.91. The summed E-state index contributed by atoms with van der Waals surface area (Å²) in [6, 6.07) is 7.30. The second kappa shape index (κ2) is 9.46. The van der Waals surface area contributed by atoms with E-state index >= 15 is 0 Å². The predicted molar refractivity (Wildman–Crippen MR) is 103 cm³/mol. The van der Waals surface area contributed by atoms with E-state index in [1.54, 1.807) is 24.3 Å². The Hall–Kier alpha value is -2.24. The van der Waals surface area contributed by atoms with Gasteiger partial charge in [-0.1, -0.05) is 13.8 Å². The number of carbonyl (C=O) groups is 2. The van der Waals surface area contributed by atoms with Crippen LogP contribution in [0.15, 0.2) is 24.3 Å². The molecule has 2 N–H and O–H groups in total.